The van der Waals surface area contributed by atoms with Crippen LogP contribution in [0.1, 0.15) is 5.56 Å². The van der Waals surface area contributed by atoms with Gasteiger partial charge in [0.25, 0.3) is 0 Å². The fourth-order valence-electron chi connectivity index (χ4n) is 0.971. The van der Waals surface area contributed by atoms with E-state index in [0.29, 0.717) is 12.4 Å². The van der Waals surface area contributed by atoms with E-state index in [2.05, 4.69) is 0 Å². The maximum absolute atomic E-state index is 12.9. The summed E-state index contributed by atoms with van der Waals surface area (Å²) in [6.07, 6.45) is 3.11. The van der Waals surface area contributed by atoms with E-state index in [1.807, 2.05) is 0 Å². The molecule has 14 heavy (non-hydrogen) atoms. The number of carbonyl (C=O) groups is 1. The number of benzene rings is 1. The third-order valence-electron chi connectivity index (χ3n) is 1.64. The van der Waals surface area contributed by atoms with Gasteiger partial charge in [-0.2, -0.15) is 0 Å². The lowest BCUT2D eigenvalue weighted by Crippen LogP contribution is -1.94. The van der Waals surface area contributed by atoms with Gasteiger partial charge < -0.3 is 0 Å². The molecule has 0 unspecified atom stereocenters. The van der Waals surface area contributed by atoms with Crippen LogP contribution in [0.3, 0.4) is 0 Å². The highest BCUT2D eigenvalue weighted by Gasteiger charge is 2.07. The van der Waals surface area contributed by atoms with Gasteiger partial charge in [0.15, 0.2) is 11.6 Å². The van der Waals surface area contributed by atoms with E-state index in [0.717, 1.165) is 6.07 Å². The molecule has 0 aromatic heterocycles. The predicted octanol–water partition coefficient (Wildman–Crippen LogP) is 2.40. The van der Waals surface area contributed by atoms with Gasteiger partial charge in [-0.1, -0.05) is 6.08 Å². The number of allylic oxidation sites excluding steroid dienone is 2. The van der Waals surface area contributed by atoms with Crippen molar-refractivity contribution in [2.24, 2.45) is 0 Å². The van der Waals surface area contributed by atoms with E-state index in [9.17, 15) is 18.0 Å². The number of hydrogen-bond acceptors (Lipinski definition) is 1. The molecule has 0 bridgehead atoms. The topological polar surface area (TPSA) is 17.1 Å². The Balaban J connectivity index is 2.92. The molecule has 0 saturated carbocycles. The second-order valence-electron chi connectivity index (χ2n) is 2.63. The highest BCUT2D eigenvalue weighted by Crippen LogP contribution is 2.14. The van der Waals surface area contributed by atoms with Gasteiger partial charge in [0.2, 0.25) is 0 Å². The molecule has 1 aromatic rings. The molecule has 0 atom stereocenters. The van der Waals surface area contributed by atoms with Crippen LogP contribution in [0.5, 0.6) is 0 Å². The molecule has 0 aliphatic heterocycles. The summed E-state index contributed by atoms with van der Waals surface area (Å²) in [6.45, 7) is 0. The van der Waals surface area contributed by atoms with Crippen LogP contribution in [0.4, 0.5) is 13.2 Å². The Morgan fingerprint density at radius 2 is 1.71 bits per heavy atom. The van der Waals surface area contributed by atoms with Crippen LogP contribution in [0.2, 0.25) is 0 Å². The molecule has 0 aliphatic rings. The standard InChI is InChI=1S/C10H7F3O/c11-8-6-10(13)9(12)5-7(8)3-1-2-4-14/h1-2,4-6H,3H2/b2-1+. The predicted molar refractivity (Wildman–Crippen MR) is 45.2 cm³/mol. The third kappa shape index (κ3) is 2.45. The lowest BCUT2D eigenvalue weighted by atomic mass is 10.1. The Hall–Kier alpha value is -1.58. The maximum atomic E-state index is 12.9. The first kappa shape index (κ1) is 10.5. The first-order valence-corrected chi connectivity index (χ1v) is 3.89. The fraction of sp³-hybridized carbons (Fsp3) is 0.100. The molecule has 74 valence electrons. The third-order valence-corrected chi connectivity index (χ3v) is 1.64. The molecule has 4 heteroatoms. The first-order chi connectivity index (χ1) is 6.65. The van der Waals surface area contributed by atoms with Crippen LogP contribution in [-0.4, -0.2) is 6.29 Å². The molecule has 0 N–H and O–H groups in total. The molecule has 0 heterocycles. The van der Waals surface area contributed by atoms with Crippen molar-refractivity contribution in [2.75, 3.05) is 0 Å². The molecule has 0 aliphatic carbocycles. The lowest BCUT2D eigenvalue weighted by Gasteiger charge is -2.00. The molecule has 1 nitrogen and oxygen atoms in total. The Labute approximate surface area is 78.9 Å². The highest BCUT2D eigenvalue weighted by atomic mass is 19.2. The molecular weight excluding hydrogens is 193 g/mol. The molecule has 0 spiro atoms. The van der Waals surface area contributed by atoms with Crippen molar-refractivity contribution in [3.63, 3.8) is 0 Å². The molecule has 0 radical (unpaired) electrons. The Morgan fingerprint density at radius 1 is 1.07 bits per heavy atom. The summed E-state index contributed by atoms with van der Waals surface area (Å²) in [7, 11) is 0. The minimum absolute atomic E-state index is 0.0157. The van der Waals surface area contributed by atoms with Gasteiger partial charge in [-0.15, -0.1) is 0 Å². The van der Waals surface area contributed by atoms with Crippen molar-refractivity contribution in [3.05, 3.63) is 47.3 Å². The van der Waals surface area contributed by atoms with Gasteiger partial charge in [-0.25, -0.2) is 13.2 Å². The molecule has 1 rings (SSSR count). The molecule has 1 aromatic carbocycles. The van der Waals surface area contributed by atoms with Crippen LogP contribution < -0.4 is 0 Å². The van der Waals surface area contributed by atoms with E-state index in [4.69, 9.17) is 0 Å². The monoisotopic (exact) mass is 200 g/mol. The Bertz CT molecular complexity index is 372. The van der Waals surface area contributed by atoms with Crippen LogP contribution in [-0.2, 0) is 11.2 Å². The molecule has 0 fully saturated rings. The van der Waals surface area contributed by atoms with Gasteiger partial charge in [-0.05, 0) is 24.1 Å². The summed E-state index contributed by atoms with van der Waals surface area (Å²) in [5.74, 6) is -3.13. The van der Waals surface area contributed by atoms with E-state index >= 15 is 0 Å². The number of aldehydes is 1. The number of hydrogen-bond donors (Lipinski definition) is 0. The smallest absolute Gasteiger partial charge is 0.161 e. The normalized spacial score (nSPS) is 10.8. The van der Waals surface area contributed by atoms with Crippen molar-refractivity contribution < 1.29 is 18.0 Å². The summed E-state index contributed by atoms with van der Waals surface area (Å²) in [4.78, 5) is 9.89. The van der Waals surface area contributed by atoms with E-state index in [1.165, 1.54) is 12.2 Å². The van der Waals surface area contributed by atoms with Crippen molar-refractivity contribution in [2.45, 2.75) is 6.42 Å². The van der Waals surface area contributed by atoms with Gasteiger partial charge in [0.05, 0.1) is 0 Å². The zero-order valence-corrected chi connectivity index (χ0v) is 7.14. The minimum Gasteiger partial charge on any atom is -0.299 e. The molecular formula is C10H7F3O. The van der Waals surface area contributed by atoms with E-state index in [1.54, 1.807) is 0 Å². The van der Waals surface area contributed by atoms with Gasteiger partial charge in [-0.3, -0.25) is 4.79 Å². The average molecular weight is 200 g/mol. The SMILES string of the molecule is O=C/C=C/Cc1cc(F)c(F)cc1F. The largest absolute Gasteiger partial charge is 0.299 e. The van der Waals surface area contributed by atoms with Crippen molar-refractivity contribution in [1.29, 1.82) is 0 Å². The fourth-order valence-corrected chi connectivity index (χ4v) is 0.971. The maximum Gasteiger partial charge on any atom is 0.161 e. The van der Waals surface area contributed by atoms with Gasteiger partial charge >= 0.3 is 0 Å². The van der Waals surface area contributed by atoms with E-state index < -0.39 is 17.5 Å². The molecule has 0 saturated heterocycles. The summed E-state index contributed by atoms with van der Waals surface area (Å²) in [5.41, 5.74) is 0.0157. The number of carbonyl (C=O) groups excluding carboxylic acids is 1. The second-order valence-corrected chi connectivity index (χ2v) is 2.63. The minimum atomic E-state index is -1.22. The summed E-state index contributed by atoms with van der Waals surface area (Å²) in [5, 5.41) is 0. The Kier molecular flexibility index (Phi) is 3.45. The zero-order valence-electron chi connectivity index (χ0n) is 7.14. The summed E-state index contributed by atoms with van der Waals surface area (Å²) >= 11 is 0. The van der Waals surface area contributed by atoms with Gasteiger partial charge in [0, 0.05) is 6.07 Å². The second kappa shape index (κ2) is 4.60. The summed E-state index contributed by atoms with van der Waals surface area (Å²) in [6, 6.07) is 1.26. The number of rotatable bonds is 3. The van der Waals surface area contributed by atoms with Crippen molar-refractivity contribution in [1.82, 2.24) is 0 Å². The lowest BCUT2D eigenvalue weighted by molar-refractivity contribution is -0.104. The summed E-state index contributed by atoms with van der Waals surface area (Å²) < 4.78 is 38.0. The van der Waals surface area contributed by atoms with Crippen LogP contribution in [0, 0.1) is 17.5 Å². The van der Waals surface area contributed by atoms with E-state index in [-0.39, 0.29) is 12.0 Å². The highest BCUT2D eigenvalue weighted by molar-refractivity contribution is 5.64. The van der Waals surface area contributed by atoms with Gasteiger partial charge in [0.1, 0.15) is 12.1 Å². The average Bonchev–Trinajstić information content (AvgIpc) is 2.14. The Morgan fingerprint density at radius 3 is 2.36 bits per heavy atom. The quantitative estimate of drug-likeness (QED) is 0.416. The van der Waals surface area contributed by atoms with Crippen molar-refractivity contribution >= 4 is 6.29 Å². The van der Waals surface area contributed by atoms with Crippen molar-refractivity contribution in [3.8, 4) is 0 Å². The molecule has 0 amide bonds. The van der Waals surface area contributed by atoms with Crippen LogP contribution in [0.15, 0.2) is 24.3 Å². The van der Waals surface area contributed by atoms with Crippen LogP contribution in [0.25, 0.3) is 0 Å². The first-order valence-electron chi connectivity index (χ1n) is 3.89. The number of halogens is 3. The zero-order chi connectivity index (χ0) is 10.6. The van der Waals surface area contributed by atoms with Crippen LogP contribution >= 0.6 is 0 Å².